The third-order valence-corrected chi connectivity index (χ3v) is 3.31. The number of carbonyl (C=O) groups excluding carboxylic acids is 1. The van der Waals surface area contributed by atoms with E-state index in [4.69, 9.17) is 10.00 Å². The van der Waals surface area contributed by atoms with Crippen molar-refractivity contribution in [3.05, 3.63) is 63.9 Å². The molecule has 0 N–H and O–H groups in total. The number of Topliss-reactive ketones (excluding diaryl/α,β-unsaturated/α-hetero) is 1. The monoisotopic (exact) mass is 333 g/mol. The van der Waals surface area contributed by atoms with Crippen LogP contribution in [0.1, 0.15) is 15.9 Å². The summed E-state index contributed by atoms with van der Waals surface area (Å²) in [5.74, 6) is -0.864. The van der Waals surface area contributed by atoms with Crippen LogP contribution >= 0.6 is 15.9 Å². The van der Waals surface area contributed by atoms with Crippen LogP contribution in [0.3, 0.4) is 0 Å². The predicted octanol–water partition coefficient (Wildman–Crippen LogP) is 3.72. The standard InChI is InChI=1S/C15H9BrFNO2/c16-12-5-2-1-4-10(12)14(19)9-20-15-7-3-6-13(17)11(15)8-18/h1-7H,9H2. The van der Waals surface area contributed by atoms with Gasteiger partial charge in [-0.05, 0) is 18.2 Å². The number of halogens is 2. The van der Waals surface area contributed by atoms with E-state index in [1.165, 1.54) is 18.2 Å². The number of ether oxygens (including phenoxy) is 1. The Bertz CT molecular complexity index is 695. The fraction of sp³-hybridized carbons (Fsp3) is 0.0667. The molecular formula is C15H9BrFNO2. The zero-order valence-corrected chi connectivity index (χ0v) is 11.9. The number of hydrogen-bond acceptors (Lipinski definition) is 3. The lowest BCUT2D eigenvalue weighted by atomic mass is 10.1. The Balaban J connectivity index is 2.14. The predicted molar refractivity (Wildman–Crippen MR) is 75.1 cm³/mol. The Morgan fingerprint density at radius 2 is 2.00 bits per heavy atom. The van der Waals surface area contributed by atoms with Crippen molar-refractivity contribution >= 4 is 21.7 Å². The maximum Gasteiger partial charge on any atom is 0.201 e. The molecule has 0 atom stereocenters. The van der Waals surface area contributed by atoms with E-state index >= 15 is 0 Å². The largest absolute Gasteiger partial charge is 0.484 e. The lowest BCUT2D eigenvalue weighted by Gasteiger charge is -2.08. The molecule has 0 heterocycles. The lowest BCUT2D eigenvalue weighted by molar-refractivity contribution is 0.0920. The zero-order valence-electron chi connectivity index (χ0n) is 10.3. The second-order valence-corrected chi connectivity index (χ2v) is 4.77. The molecule has 5 heteroatoms. The summed E-state index contributed by atoms with van der Waals surface area (Å²) in [7, 11) is 0. The van der Waals surface area contributed by atoms with Crippen molar-refractivity contribution in [3.8, 4) is 11.8 Å². The van der Waals surface area contributed by atoms with Gasteiger partial charge in [-0.3, -0.25) is 4.79 Å². The van der Waals surface area contributed by atoms with Crippen LogP contribution in [-0.2, 0) is 0 Å². The van der Waals surface area contributed by atoms with Gasteiger partial charge in [-0.15, -0.1) is 0 Å². The molecule has 0 fully saturated rings. The Hall–Kier alpha value is -2.19. The second-order valence-electron chi connectivity index (χ2n) is 3.92. The van der Waals surface area contributed by atoms with Crippen LogP contribution in [0.5, 0.6) is 5.75 Å². The van der Waals surface area contributed by atoms with Crippen LogP contribution in [0.2, 0.25) is 0 Å². The van der Waals surface area contributed by atoms with Gasteiger partial charge in [0.2, 0.25) is 5.78 Å². The van der Waals surface area contributed by atoms with Crippen molar-refractivity contribution in [2.75, 3.05) is 6.61 Å². The molecule has 0 bridgehead atoms. The number of nitrogens with zero attached hydrogens (tertiary/aromatic N) is 1. The molecule has 0 spiro atoms. The molecule has 0 aliphatic heterocycles. The van der Waals surface area contributed by atoms with Crippen molar-refractivity contribution in [1.29, 1.82) is 5.26 Å². The maximum absolute atomic E-state index is 13.4. The lowest BCUT2D eigenvalue weighted by Crippen LogP contribution is -2.13. The first-order chi connectivity index (χ1) is 9.63. The van der Waals surface area contributed by atoms with Gasteiger partial charge in [-0.25, -0.2) is 4.39 Å². The summed E-state index contributed by atoms with van der Waals surface area (Å²) in [6.07, 6.45) is 0. The molecule has 0 unspecified atom stereocenters. The summed E-state index contributed by atoms with van der Waals surface area (Å²) in [6, 6.07) is 12.7. The van der Waals surface area contributed by atoms with E-state index < -0.39 is 5.82 Å². The fourth-order valence-electron chi connectivity index (χ4n) is 1.64. The van der Waals surface area contributed by atoms with E-state index in [0.29, 0.717) is 10.0 Å². The van der Waals surface area contributed by atoms with Gasteiger partial charge in [0.15, 0.2) is 6.61 Å². The molecule has 0 amide bonds. The molecule has 0 saturated heterocycles. The molecule has 100 valence electrons. The van der Waals surface area contributed by atoms with E-state index in [-0.39, 0.29) is 23.7 Å². The van der Waals surface area contributed by atoms with Gasteiger partial charge < -0.3 is 4.74 Å². The fourth-order valence-corrected chi connectivity index (χ4v) is 2.15. The second kappa shape index (κ2) is 6.31. The van der Waals surface area contributed by atoms with Gasteiger partial charge in [-0.1, -0.05) is 40.2 Å². The van der Waals surface area contributed by atoms with Gasteiger partial charge in [0, 0.05) is 10.0 Å². The number of benzene rings is 2. The van der Waals surface area contributed by atoms with Crippen molar-refractivity contribution in [3.63, 3.8) is 0 Å². The van der Waals surface area contributed by atoms with E-state index in [1.807, 2.05) is 0 Å². The molecule has 0 aliphatic rings. The van der Waals surface area contributed by atoms with Crippen LogP contribution < -0.4 is 4.74 Å². The van der Waals surface area contributed by atoms with Crippen molar-refractivity contribution in [2.24, 2.45) is 0 Å². The maximum atomic E-state index is 13.4. The van der Waals surface area contributed by atoms with E-state index in [1.54, 1.807) is 30.3 Å². The molecule has 0 aromatic heterocycles. The molecule has 0 radical (unpaired) electrons. The Morgan fingerprint density at radius 3 is 2.70 bits per heavy atom. The first kappa shape index (κ1) is 14.2. The highest BCUT2D eigenvalue weighted by Crippen LogP contribution is 2.21. The number of nitriles is 1. The summed E-state index contributed by atoms with van der Waals surface area (Å²) >= 11 is 3.27. The SMILES string of the molecule is N#Cc1c(F)cccc1OCC(=O)c1ccccc1Br. The molecular weight excluding hydrogens is 325 g/mol. The smallest absolute Gasteiger partial charge is 0.201 e. The van der Waals surface area contributed by atoms with Crippen molar-refractivity contribution in [2.45, 2.75) is 0 Å². The third kappa shape index (κ3) is 3.03. The molecule has 2 aromatic rings. The summed E-state index contributed by atoms with van der Waals surface area (Å²) in [6.45, 7) is -0.263. The quantitative estimate of drug-likeness (QED) is 0.801. The molecule has 0 saturated carbocycles. The average Bonchev–Trinajstić information content (AvgIpc) is 2.45. The molecule has 2 aromatic carbocycles. The first-order valence-corrected chi connectivity index (χ1v) is 6.52. The van der Waals surface area contributed by atoms with Crippen LogP contribution in [0.15, 0.2) is 46.9 Å². The minimum Gasteiger partial charge on any atom is -0.484 e. The van der Waals surface area contributed by atoms with Crippen LogP contribution in [0.25, 0.3) is 0 Å². The van der Waals surface area contributed by atoms with Crippen LogP contribution in [0.4, 0.5) is 4.39 Å². The summed E-state index contributed by atoms with van der Waals surface area (Å²) in [5.41, 5.74) is 0.273. The summed E-state index contributed by atoms with van der Waals surface area (Å²) in [4.78, 5) is 12.0. The van der Waals surface area contributed by atoms with Gasteiger partial charge in [-0.2, -0.15) is 5.26 Å². The average molecular weight is 334 g/mol. The van der Waals surface area contributed by atoms with Crippen LogP contribution in [-0.4, -0.2) is 12.4 Å². The topological polar surface area (TPSA) is 50.1 Å². The highest BCUT2D eigenvalue weighted by molar-refractivity contribution is 9.10. The van der Waals surface area contributed by atoms with E-state index in [9.17, 15) is 9.18 Å². The molecule has 20 heavy (non-hydrogen) atoms. The summed E-state index contributed by atoms with van der Waals surface area (Å²) < 4.78 is 19.3. The highest BCUT2D eigenvalue weighted by atomic mass is 79.9. The van der Waals surface area contributed by atoms with Gasteiger partial charge in [0.1, 0.15) is 23.2 Å². The van der Waals surface area contributed by atoms with Gasteiger partial charge >= 0.3 is 0 Å². The minimum absolute atomic E-state index is 0.0629. The first-order valence-electron chi connectivity index (χ1n) is 5.72. The number of rotatable bonds is 4. The number of hydrogen-bond donors (Lipinski definition) is 0. The Kier molecular flexibility index (Phi) is 4.49. The van der Waals surface area contributed by atoms with Crippen molar-refractivity contribution < 1.29 is 13.9 Å². The molecule has 3 nitrogen and oxygen atoms in total. The summed E-state index contributed by atoms with van der Waals surface area (Å²) in [5, 5.41) is 8.86. The third-order valence-electron chi connectivity index (χ3n) is 2.62. The Morgan fingerprint density at radius 1 is 1.25 bits per heavy atom. The molecule has 2 rings (SSSR count). The minimum atomic E-state index is -0.668. The van der Waals surface area contributed by atoms with Gasteiger partial charge in [0.05, 0.1) is 0 Å². The molecule has 0 aliphatic carbocycles. The van der Waals surface area contributed by atoms with Crippen molar-refractivity contribution in [1.82, 2.24) is 0 Å². The Labute approximate surface area is 123 Å². The van der Waals surface area contributed by atoms with Gasteiger partial charge in [0.25, 0.3) is 0 Å². The van der Waals surface area contributed by atoms with Crippen LogP contribution in [0, 0.1) is 17.1 Å². The number of carbonyl (C=O) groups is 1. The van der Waals surface area contributed by atoms with E-state index in [2.05, 4.69) is 15.9 Å². The zero-order chi connectivity index (χ0) is 14.5. The normalized spacial score (nSPS) is 9.85. The van der Waals surface area contributed by atoms with E-state index in [0.717, 1.165) is 0 Å². The number of ketones is 1. The highest BCUT2D eigenvalue weighted by Gasteiger charge is 2.13.